The molecule has 1 saturated heterocycles. The summed E-state index contributed by atoms with van der Waals surface area (Å²) in [5.74, 6) is -0.129. The SMILES string of the molecule is COCCNC(=O)c1cccc(B2OC(C)(C)C(C)(C)O2)c1. The van der Waals surface area contributed by atoms with Gasteiger partial charge in [-0.1, -0.05) is 12.1 Å². The van der Waals surface area contributed by atoms with Gasteiger partial charge >= 0.3 is 7.12 Å². The number of nitrogens with one attached hydrogen (secondary N) is 1. The van der Waals surface area contributed by atoms with E-state index >= 15 is 0 Å². The molecule has 1 aliphatic rings. The zero-order valence-corrected chi connectivity index (χ0v) is 13.9. The molecule has 0 saturated carbocycles. The summed E-state index contributed by atoms with van der Waals surface area (Å²) >= 11 is 0. The molecule has 22 heavy (non-hydrogen) atoms. The van der Waals surface area contributed by atoms with Crippen LogP contribution in [0.15, 0.2) is 24.3 Å². The molecule has 1 aliphatic heterocycles. The number of amides is 1. The van der Waals surface area contributed by atoms with Gasteiger partial charge in [-0.15, -0.1) is 0 Å². The first-order valence-electron chi connectivity index (χ1n) is 7.49. The number of carbonyl (C=O) groups excluding carboxylic acids is 1. The van der Waals surface area contributed by atoms with Crippen LogP contribution in [0.3, 0.4) is 0 Å². The monoisotopic (exact) mass is 305 g/mol. The van der Waals surface area contributed by atoms with E-state index in [2.05, 4.69) is 5.32 Å². The van der Waals surface area contributed by atoms with Crippen molar-refractivity contribution in [1.82, 2.24) is 5.32 Å². The van der Waals surface area contributed by atoms with Crippen LogP contribution in [0.5, 0.6) is 0 Å². The predicted octanol–water partition coefficient (Wildman–Crippen LogP) is 1.36. The Balaban J connectivity index is 2.11. The van der Waals surface area contributed by atoms with Gasteiger partial charge in [0.25, 0.3) is 5.91 Å². The van der Waals surface area contributed by atoms with Crippen molar-refractivity contribution in [2.24, 2.45) is 0 Å². The minimum Gasteiger partial charge on any atom is -0.399 e. The maximum Gasteiger partial charge on any atom is 0.494 e. The van der Waals surface area contributed by atoms with Crippen LogP contribution in [0.4, 0.5) is 0 Å². The highest BCUT2D eigenvalue weighted by atomic mass is 16.7. The van der Waals surface area contributed by atoms with Gasteiger partial charge in [0.15, 0.2) is 0 Å². The zero-order valence-electron chi connectivity index (χ0n) is 13.9. The van der Waals surface area contributed by atoms with Crippen LogP contribution < -0.4 is 10.8 Å². The fraction of sp³-hybridized carbons (Fsp3) is 0.562. The number of hydrogen-bond acceptors (Lipinski definition) is 4. The van der Waals surface area contributed by atoms with Gasteiger partial charge in [0.1, 0.15) is 0 Å². The Morgan fingerprint density at radius 2 is 1.86 bits per heavy atom. The van der Waals surface area contributed by atoms with E-state index in [1.54, 1.807) is 13.2 Å². The van der Waals surface area contributed by atoms with E-state index < -0.39 is 18.3 Å². The summed E-state index contributed by atoms with van der Waals surface area (Å²) in [4.78, 5) is 12.1. The molecule has 1 aromatic rings. The molecule has 0 atom stereocenters. The Labute approximate surface area is 132 Å². The van der Waals surface area contributed by atoms with Crippen LogP contribution >= 0.6 is 0 Å². The van der Waals surface area contributed by atoms with Gasteiger partial charge in [-0.3, -0.25) is 4.79 Å². The van der Waals surface area contributed by atoms with E-state index in [0.29, 0.717) is 18.7 Å². The lowest BCUT2D eigenvalue weighted by Crippen LogP contribution is -2.41. The van der Waals surface area contributed by atoms with Crippen molar-refractivity contribution in [3.8, 4) is 0 Å². The van der Waals surface area contributed by atoms with Crippen molar-refractivity contribution in [2.45, 2.75) is 38.9 Å². The largest absolute Gasteiger partial charge is 0.494 e. The fourth-order valence-electron chi connectivity index (χ4n) is 2.17. The van der Waals surface area contributed by atoms with Crippen molar-refractivity contribution >= 4 is 18.5 Å². The first-order valence-corrected chi connectivity index (χ1v) is 7.49. The topological polar surface area (TPSA) is 56.8 Å². The molecule has 0 unspecified atom stereocenters. The average Bonchev–Trinajstić information content (AvgIpc) is 2.68. The maximum atomic E-state index is 12.1. The van der Waals surface area contributed by atoms with E-state index in [9.17, 15) is 4.79 Å². The Hall–Kier alpha value is -1.37. The Kier molecular flexibility index (Phi) is 4.95. The minimum absolute atomic E-state index is 0.129. The second kappa shape index (κ2) is 6.40. The van der Waals surface area contributed by atoms with E-state index in [1.807, 2.05) is 45.9 Å². The van der Waals surface area contributed by atoms with Crippen LogP contribution in [0, 0.1) is 0 Å². The Morgan fingerprint density at radius 3 is 2.45 bits per heavy atom. The first kappa shape index (κ1) is 17.0. The highest BCUT2D eigenvalue weighted by Gasteiger charge is 2.51. The Morgan fingerprint density at radius 1 is 1.23 bits per heavy atom. The Bertz CT molecular complexity index is 529. The summed E-state index contributed by atoms with van der Waals surface area (Å²) < 4.78 is 16.9. The van der Waals surface area contributed by atoms with Crippen LogP contribution in [-0.4, -0.2) is 44.5 Å². The zero-order chi connectivity index (χ0) is 16.4. The van der Waals surface area contributed by atoms with Gasteiger partial charge in [0.05, 0.1) is 17.8 Å². The lowest BCUT2D eigenvalue weighted by Gasteiger charge is -2.32. The summed E-state index contributed by atoms with van der Waals surface area (Å²) in [5.41, 5.74) is 0.643. The second-order valence-electron chi connectivity index (χ2n) is 6.46. The summed E-state index contributed by atoms with van der Waals surface area (Å²) in [6, 6.07) is 7.33. The highest BCUT2D eigenvalue weighted by Crippen LogP contribution is 2.36. The van der Waals surface area contributed by atoms with Gasteiger partial charge in [-0.2, -0.15) is 0 Å². The molecule has 0 radical (unpaired) electrons. The first-order chi connectivity index (χ1) is 10.3. The molecule has 0 bridgehead atoms. The molecule has 1 fully saturated rings. The van der Waals surface area contributed by atoms with Crippen molar-refractivity contribution in [1.29, 1.82) is 0 Å². The number of hydrogen-bond donors (Lipinski definition) is 1. The number of benzene rings is 1. The van der Waals surface area contributed by atoms with E-state index in [0.717, 1.165) is 5.46 Å². The van der Waals surface area contributed by atoms with Gasteiger partial charge in [0.2, 0.25) is 0 Å². The average molecular weight is 305 g/mol. The third-order valence-corrected chi connectivity index (χ3v) is 4.27. The molecule has 5 nitrogen and oxygen atoms in total. The molecule has 0 aromatic heterocycles. The van der Waals surface area contributed by atoms with Gasteiger partial charge in [-0.25, -0.2) is 0 Å². The molecular weight excluding hydrogens is 281 g/mol. The number of ether oxygens (including phenoxy) is 1. The summed E-state index contributed by atoms with van der Waals surface area (Å²) in [6.07, 6.45) is 0. The fourth-order valence-corrected chi connectivity index (χ4v) is 2.17. The summed E-state index contributed by atoms with van der Waals surface area (Å²) in [6.45, 7) is 9.00. The number of rotatable bonds is 5. The van der Waals surface area contributed by atoms with Crippen molar-refractivity contribution in [3.63, 3.8) is 0 Å². The minimum atomic E-state index is -0.461. The molecule has 1 aromatic carbocycles. The summed E-state index contributed by atoms with van der Waals surface area (Å²) in [7, 11) is 1.14. The van der Waals surface area contributed by atoms with E-state index in [-0.39, 0.29) is 5.91 Å². The van der Waals surface area contributed by atoms with Crippen LogP contribution in [-0.2, 0) is 14.0 Å². The number of carbonyl (C=O) groups is 1. The molecule has 0 spiro atoms. The van der Waals surface area contributed by atoms with Crippen LogP contribution in [0.2, 0.25) is 0 Å². The quantitative estimate of drug-likeness (QED) is 0.659. The predicted molar refractivity (Wildman–Crippen MR) is 86.4 cm³/mol. The maximum absolute atomic E-state index is 12.1. The third-order valence-electron chi connectivity index (χ3n) is 4.27. The molecule has 0 aliphatic carbocycles. The van der Waals surface area contributed by atoms with E-state index in [1.165, 1.54) is 0 Å². The standard InChI is InChI=1S/C16H24BNO4/c1-15(2)16(3,4)22-17(21-15)13-8-6-7-12(11-13)14(19)18-9-10-20-5/h6-8,11H,9-10H2,1-5H3,(H,18,19). The van der Waals surface area contributed by atoms with E-state index in [4.69, 9.17) is 14.0 Å². The molecule has 1 amide bonds. The summed E-state index contributed by atoms with van der Waals surface area (Å²) in [5, 5.41) is 2.80. The molecular formula is C16H24BNO4. The molecule has 2 rings (SSSR count). The van der Waals surface area contributed by atoms with Crippen molar-refractivity contribution < 1.29 is 18.8 Å². The lowest BCUT2D eigenvalue weighted by atomic mass is 9.78. The van der Waals surface area contributed by atoms with Crippen molar-refractivity contribution in [3.05, 3.63) is 29.8 Å². The molecule has 1 heterocycles. The second-order valence-corrected chi connectivity index (χ2v) is 6.46. The molecule has 6 heteroatoms. The number of methoxy groups -OCH3 is 1. The van der Waals surface area contributed by atoms with Gasteiger partial charge in [-0.05, 0) is 45.3 Å². The lowest BCUT2D eigenvalue weighted by molar-refractivity contribution is 0.00578. The smallest absolute Gasteiger partial charge is 0.399 e. The van der Waals surface area contributed by atoms with Crippen molar-refractivity contribution in [2.75, 3.05) is 20.3 Å². The van der Waals surface area contributed by atoms with Crippen LogP contribution in [0.1, 0.15) is 38.1 Å². The normalized spacial score (nSPS) is 19.2. The van der Waals surface area contributed by atoms with Gasteiger partial charge in [0, 0.05) is 19.2 Å². The molecule has 1 N–H and O–H groups in total. The third kappa shape index (κ3) is 3.51. The van der Waals surface area contributed by atoms with Gasteiger partial charge < -0.3 is 19.4 Å². The molecule has 120 valence electrons. The highest BCUT2D eigenvalue weighted by molar-refractivity contribution is 6.62. The van der Waals surface area contributed by atoms with Crippen LogP contribution in [0.25, 0.3) is 0 Å².